The highest BCUT2D eigenvalue weighted by Gasteiger charge is 2.14. The molecule has 0 spiro atoms. The third kappa shape index (κ3) is 7.40. The van der Waals surface area contributed by atoms with Gasteiger partial charge >= 0.3 is 0 Å². The Kier molecular flexibility index (Phi) is 9.75. The molecule has 40 heavy (non-hydrogen) atoms. The summed E-state index contributed by atoms with van der Waals surface area (Å²) in [6, 6.07) is 16.6. The highest BCUT2D eigenvalue weighted by Crippen LogP contribution is 2.35. The third-order valence-corrected chi connectivity index (χ3v) is 5.78. The lowest BCUT2D eigenvalue weighted by Crippen LogP contribution is -2.22. The van der Waals surface area contributed by atoms with Gasteiger partial charge in [0.2, 0.25) is 0 Å². The molecule has 12 heteroatoms. The van der Waals surface area contributed by atoms with E-state index in [2.05, 4.69) is 20.6 Å². The molecule has 0 aliphatic rings. The Hall–Kier alpha value is -4.81. The van der Waals surface area contributed by atoms with E-state index < -0.39 is 4.92 Å². The molecule has 1 aromatic heterocycles. The number of nitrogens with zero attached hydrogens (tertiary/aromatic N) is 3. The third-order valence-electron chi connectivity index (χ3n) is 5.78. The van der Waals surface area contributed by atoms with E-state index in [4.69, 9.17) is 18.9 Å². The van der Waals surface area contributed by atoms with Crippen LogP contribution in [0.2, 0.25) is 0 Å². The van der Waals surface area contributed by atoms with Crippen molar-refractivity contribution in [1.82, 2.24) is 15.3 Å². The van der Waals surface area contributed by atoms with Gasteiger partial charge in [-0.1, -0.05) is 18.2 Å². The molecule has 1 amide bonds. The number of anilines is 2. The Balaban J connectivity index is 1.51. The number of non-ortho nitro benzene ring substituents is 1. The fraction of sp³-hybridized carbons (Fsp3) is 0.250. The topological polar surface area (TPSA) is 147 Å². The van der Waals surface area contributed by atoms with Crippen LogP contribution in [0.15, 0.2) is 67.0 Å². The Bertz CT molecular complexity index is 1460. The van der Waals surface area contributed by atoms with Crippen LogP contribution in [0.5, 0.6) is 11.5 Å². The van der Waals surface area contributed by atoms with Crippen LogP contribution in [0.3, 0.4) is 0 Å². The molecule has 1 heterocycles. The molecule has 208 valence electrons. The van der Waals surface area contributed by atoms with Gasteiger partial charge in [-0.3, -0.25) is 14.9 Å². The number of carbonyl (C=O) groups is 1. The maximum absolute atomic E-state index is 12.8. The number of fused-ring (bicyclic) bond motifs is 1. The van der Waals surface area contributed by atoms with Gasteiger partial charge in [0, 0.05) is 55.6 Å². The first-order chi connectivity index (χ1) is 19.5. The van der Waals surface area contributed by atoms with Crippen LogP contribution in [-0.2, 0) is 16.0 Å². The standard InChI is InChI=1S/C28H29N5O7/c1-37-10-12-39-25-15-23-24(16-26(25)40-13-11-38-2)30-18-31-27(23)32-21-5-3-4-20(14-21)28(34)29-17-19-6-8-22(9-7-19)33(35)36/h3-9,14-16,18H,10-13,17H2,1-2H3,(H,29,34)(H,30,31,32). The average molecular weight is 548 g/mol. The Morgan fingerprint density at radius 1 is 0.900 bits per heavy atom. The molecule has 0 fully saturated rings. The number of amides is 1. The van der Waals surface area contributed by atoms with E-state index in [9.17, 15) is 14.9 Å². The summed E-state index contributed by atoms with van der Waals surface area (Å²) in [5, 5.41) is 17.6. The molecule has 0 aliphatic heterocycles. The maximum atomic E-state index is 12.8. The van der Waals surface area contributed by atoms with E-state index in [1.54, 1.807) is 56.7 Å². The number of nitro benzene ring substituents is 1. The van der Waals surface area contributed by atoms with Gasteiger partial charge in [-0.15, -0.1) is 0 Å². The molecule has 0 saturated heterocycles. The summed E-state index contributed by atoms with van der Waals surface area (Å²) in [7, 11) is 3.20. The van der Waals surface area contributed by atoms with Crippen molar-refractivity contribution in [3.05, 3.63) is 88.2 Å². The molecule has 4 aromatic rings. The minimum Gasteiger partial charge on any atom is -0.487 e. The molecule has 2 N–H and O–H groups in total. The second kappa shape index (κ2) is 13.8. The molecule has 0 saturated carbocycles. The highest BCUT2D eigenvalue weighted by atomic mass is 16.6. The number of hydrogen-bond acceptors (Lipinski definition) is 10. The summed E-state index contributed by atoms with van der Waals surface area (Å²) in [5.41, 5.74) is 2.46. The van der Waals surface area contributed by atoms with Gasteiger partial charge in [0.1, 0.15) is 25.4 Å². The first-order valence-electron chi connectivity index (χ1n) is 12.4. The number of ether oxygens (including phenoxy) is 4. The quantitative estimate of drug-likeness (QED) is 0.133. The summed E-state index contributed by atoms with van der Waals surface area (Å²) in [4.78, 5) is 32.0. The fourth-order valence-electron chi connectivity index (χ4n) is 3.75. The number of carbonyl (C=O) groups excluding carboxylic acids is 1. The molecule has 0 aliphatic carbocycles. The van der Waals surface area contributed by atoms with Crippen molar-refractivity contribution < 1.29 is 28.7 Å². The lowest BCUT2D eigenvalue weighted by Gasteiger charge is -2.15. The smallest absolute Gasteiger partial charge is 0.269 e. The van der Waals surface area contributed by atoms with Crippen LogP contribution in [0.4, 0.5) is 17.2 Å². The zero-order valence-electron chi connectivity index (χ0n) is 22.1. The second-order valence-corrected chi connectivity index (χ2v) is 8.53. The monoisotopic (exact) mass is 547 g/mol. The van der Waals surface area contributed by atoms with Gasteiger partial charge in [-0.2, -0.15) is 0 Å². The lowest BCUT2D eigenvalue weighted by atomic mass is 10.1. The van der Waals surface area contributed by atoms with Crippen molar-refractivity contribution in [2.75, 3.05) is 46.0 Å². The molecular formula is C28H29N5O7. The molecule has 4 rings (SSSR count). The number of nitrogens with one attached hydrogen (secondary N) is 2. The number of hydrogen-bond donors (Lipinski definition) is 2. The molecule has 0 unspecified atom stereocenters. The van der Waals surface area contributed by atoms with Crippen molar-refractivity contribution in [3.63, 3.8) is 0 Å². The molecule has 0 radical (unpaired) electrons. The molecule has 3 aromatic carbocycles. The number of rotatable bonds is 14. The maximum Gasteiger partial charge on any atom is 0.269 e. The van der Waals surface area contributed by atoms with Crippen molar-refractivity contribution in [2.24, 2.45) is 0 Å². The normalized spacial score (nSPS) is 10.8. The van der Waals surface area contributed by atoms with Gasteiger partial charge in [-0.25, -0.2) is 9.97 Å². The van der Waals surface area contributed by atoms with Crippen molar-refractivity contribution in [3.8, 4) is 11.5 Å². The largest absolute Gasteiger partial charge is 0.487 e. The van der Waals surface area contributed by atoms with Crippen LogP contribution in [-0.4, -0.2) is 61.4 Å². The summed E-state index contributed by atoms with van der Waals surface area (Å²) < 4.78 is 21.9. The zero-order chi connectivity index (χ0) is 28.3. The van der Waals surface area contributed by atoms with E-state index >= 15 is 0 Å². The Morgan fingerprint density at radius 3 is 2.27 bits per heavy atom. The average Bonchev–Trinajstić information content (AvgIpc) is 2.97. The van der Waals surface area contributed by atoms with Crippen LogP contribution in [0.25, 0.3) is 10.9 Å². The first kappa shape index (κ1) is 28.2. The summed E-state index contributed by atoms with van der Waals surface area (Å²) in [5.74, 6) is 1.27. The van der Waals surface area contributed by atoms with E-state index in [0.717, 1.165) is 5.56 Å². The van der Waals surface area contributed by atoms with Gasteiger partial charge in [0.15, 0.2) is 11.5 Å². The van der Waals surface area contributed by atoms with E-state index in [0.29, 0.717) is 65.9 Å². The van der Waals surface area contributed by atoms with E-state index in [-0.39, 0.29) is 18.1 Å². The minimum absolute atomic E-state index is 0.00500. The van der Waals surface area contributed by atoms with Crippen LogP contribution >= 0.6 is 0 Å². The number of benzene rings is 3. The van der Waals surface area contributed by atoms with Crippen LogP contribution < -0.4 is 20.1 Å². The zero-order valence-corrected chi connectivity index (χ0v) is 22.1. The minimum atomic E-state index is -0.466. The second-order valence-electron chi connectivity index (χ2n) is 8.53. The summed E-state index contributed by atoms with van der Waals surface area (Å²) in [6.45, 7) is 1.73. The predicted octanol–water partition coefficient (Wildman–Crippen LogP) is 4.26. The summed E-state index contributed by atoms with van der Waals surface area (Å²) in [6.07, 6.45) is 1.44. The highest BCUT2D eigenvalue weighted by molar-refractivity contribution is 5.96. The lowest BCUT2D eigenvalue weighted by molar-refractivity contribution is -0.384. The van der Waals surface area contributed by atoms with Crippen molar-refractivity contribution in [2.45, 2.75) is 6.54 Å². The van der Waals surface area contributed by atoms with Crippen molar-refractivity contribution >= 4 is 34.0 Å². The number of methoxy groups -OCH3 is 2. The van der Waals surface area contributed by atoms with Crippen LogP contribution in [0.1, 0.15) is 15.9 Å². The molecular weight excluding hydrogens is 518 g/mol. The molecule has 12 nitrogen and oxygen atoms in total. The first-order valence-corrected chi connectivity index (χ1v) is 12.4. The SMILES string of the molecule is COCCOc1cc2ncnc(Nc3cccc(C(=O)NCc4ccc([N+](=O)[O-])cc4)c3)c2cc1OCCOC. The van der Waals surface area contributed by atoms with E-state index in [1.165, 1.54) is 18.5 Å². The summed E-state index contributed by atoms with van der Waals surface area (Å²) >= 11 is 0. The van der Waals surface area contributed by atoms with E-state index in [1.807, 2.05) is 6.07 Å². The van der Waals surface area contributed by atoms with Gasteiger partial charge in [-0.05, 0) is 29.8 Å². The van der Waals surface area contributed by atoms with Gasteiger partial charge in [0.05, 0.1) is 23.7 Å². The molecule has 0 bridgehead atoms. The fourth-order valence-corrected chi connectivity index (χ4v) is 3.75. The van der Waals surface area contributed by atoms with Gasteiger partial charge in [0.25, 0.3) is 11.6 Å². The number of nitro groups is 1. The van der Waals surface area contributed by atoms with Gasteiger partial charge < -0.3 is 29.6 Å². The Morgan fingerprint density at radius 2 is 1.60 bits per heavy atom. The predicted molar refractivity (Wildman–Crippen MR) is 148 cm³/mol. The Labute approximate surface area is 230 Å². The molecule has 0 atom stereocenters. The van der Waals surface area contributed by atoms with Crippen LogP contribution in [0, 0.1) is 10.1 Å². The number of aromatic nitrogens is 2. The van der Waals surface area contributed by atoms with Crippen molar-refractivity contribution in [1.29, 1.82) is 0 Å².